The van der Waals surface area contributed by atoms with E-state index in [0.29, 0.717) is 0 Å². The molecule has 0 bridgehead atoms. The number of rotatable bonds is 4. The fraction of sp³-hybridized carbons (Fsp3) is 0.400. The second-order valence-electron chi connectivity index (χ2n) is 3.39. The molecule has 0 aromatic heterocycles. The summed E-state index contributed by atoms with van der Waals surface area (Å²) in [7, 11) is 0. The monoisotopic (exact) mass is 251 g/mol. The third-order valence-electron chi connectivity index (χ3n) is 2.07. The molecule has 1 atom stereocenters. The highest BCUT2D eigenvalue weighted by atomic mass is 19.4. The van der Waals surface area contributed by atoms with Crippen molar-refractivity contribution in [1.82, 2.24) is 0 Å². The lowest BCUT2D eigenvalue weighted by Crippen LogP contribution is -2.18. The zero-order valence-electron chi connectivity index (χ0n) is 8.74. The van der Waals surface area contributed by atoms with Crippen LogP contribution in [0.1, 0.15) is 18.0 Å². The van der Waals surface area contributed by atoms with Crippen molar-refractivity contribution in [2.24, 2.45) is 5.73 Å². The van der Waals surface area contributed by atoms with E-state index in [0.717, 1.165) is 18.2 Å². The molecular formula is C10H12F3NO3. The lowest BCUT2D eigenvalue weighted by atomic mass is 10.0. The standard InChI is InChI=1S/C10H12F3NO3/c11-10(12,13)17-6-1-2-9(16)7(5-6)8(14)3-4-15/h1-2,5,8,15-16H,3-4,14H2/t8-/m1/s1. The van der Waals surface area contributed by atoms with E-state index in [9.17, 15) is 18.3 Å². The van der Waals surface area contributed by atoms with E-state index in [1.807, 2.05) is 0 Å². The summed E-state index contributed by atoms with van der Waals surface area (Å²) in [5, 5.41) is 18.1. The second-order valence-corrected chi connectivity index (χ2v) is 3.39. The number of hydrogen-bond donors (Lipinski definition) is 3. The number of aromatic hydroxyl groups is 1. The number of halogens is 3. The largest absolute Gasteiger partial charge is 0.573 e. The molecular weight excluding hydrogens is 239 g/mol. The third-order valence-corrected chi connectivity index (χ3v) is 2.07. The SMILES string of the molecule is N[C@H](CCO)c1cc(OC(F)(F)F)ccc1O. The fourth-order valence-corrected chi connectivity index (χ4v) is 1.32. The minimum atomic E-state index is -4.80. The summed E-state index contributed by atoms with van der Waals surface area (Å²) in [6.45, 7) is -0.231. The molecule has 0 aliphatic heterocycles. The van der Waals surface area contributed by atoms with Crippen molar-refractivity contribution in [2.45, 2.75) is 18.8 Å². The number of hydrogen-bond acceptors (Lipinski definition) is 4. The summed E-state index contributed by atoms with van der Waals surface area (Å²) < 4.78 is 39.6. The number of aliphatic hydroxyl groups is 1. The predicted octanol–water partition coefficient (Wildman–Crippen LogP) is 1.67. The maximum atomic E-state index is 12.0. The Morgan fingerprint density at radius 3 is 2.53 bits per heavy atom. The minimum Gasteiger partial charge on any atom is -0.508 e. The highest BCUT2D eigenvalue weighted by Crippen LogP contribution is 2.31. The van der Waals surface area contributed by atoms with Crippen LogP contribution in [-0.4, -0.2) is 23.2 Å². The van der Waals surface area contributed by atoms with Crippen LogP contribution in [-0.2, 0) is 0 Å². The van der Waals surface area contributed by atoms with Gasteiger partial charge in [0.25, 0.3) is 0 Å². The first kappa shape index (κ1) is 13.6. The highest BCUT2D eigenvalue weighted by Gasteiger charge is 2.31. The summed E-state index contributed by atoms with van der Waals surface area (Å²) in [6, 6.07) is 2.30. The molecule has 0 fully saturated rings. The van der Waals surface area contributed by atoms with Gasteiger partial charge in [-0.05, 0) is 24.6 Å². The Hall–Kier alpha value is -1.47. The van der Waals surface area contributed by atoms with Crippen LogP contribution < -0.4 is 10.5 Å². The molecule has 0 radical (unpaired) electrons. The van der Waals surface area contributed by atoms with Gasteiger partial charge in [-0.25, -0.2) is 0 Å². The zero-order chi connectivity index (χ0) is 13.1. The Labute approximate surface area is 95.4 Å². The molecule has 4 nitrogen and oxygen atoms in total. The van der Waals surface area contributed by atoms with E-state index in [-0.39, 0.29) is 24.3 Å². The number of ether oxygens (including phenoxy) is 1. The molecule has 1 rings (SSSR count). The van der Waals surface area contributed by atoms with Gasteiger partial charge in [0.2, 0.25) is 0 Å². The molecule has 0 saturated carbocycles. The number of phenols is 1. The summed E-state index contributed by atoms with van der Waals surface area (Å²) in [5.74, 6) is -0.695. The molecule has 4 N–H and O–H groups in total. The topological polar surface area (TPSA) is 75.7 Å². The number of phenolic OH excluding ortho intramolecular Hbond substituents is 1. The number of aliphatic hydroxyl groups excluding tert-OH is 1. The second kappa shape index (κ2) is 5.24. The first-order valence-corrected chi connectivity index (χ1v) is 4.78. The molecule has 0 aliphatic rings. The van der Waals surface area contributed by atoms with Crippen molar-refractivity contribution in [3.63, 3.8) is 0 Å². The molecule has 0 spiro atoms. The first-order chi connectivity index (χ1) is 7.83. The van der Waals surface area contributed by atoms with Gasteiger partial charge in [0.15, 0.2) is 0 Å². The molecule has 0 heterocycles. The van der Waals surface area contributed by atoms with Gasteiger partial charge in [0.1, 0.15) is 11.5 Å². The number of alkyl halides is 3. The van der Waals surface area contributed by atoms with E-state index in [1.165, 1.54) is 0 Å². The Morgan fingerprint density at radius 1 is 1.35 bits per heavy atom. The number of nitrogens with two attached hydrogens (primary N) is 1. The summed E-state index contributed by atoms with van der Waals surface area (Å²) in [4.78, 5) is 0. The third kappa shape index (κ3) is 4.12. The number of benzene rings is 1. The fourth-order valence-electron chi connectivity index (χ4n) is 1.32. The average Bonchev–Trinajstić information content (AvgIpc) is 2.19. The smallest absolute Gasteiger partial charge is 0.508 e. The summed E-state index contributed by atoms with van der Waals surface area (Å²) in [6.07, 6.45) is -4.67. The van der Waals surface area contributed by atoms with E-state index in [4.69, 9.17) is 10.8 Å². The van der Waals surface area contributed by atoms with Crippen molar-refractivity contribution in [1.29, 1.82) is 0 Å². The molecule has 0 amide bonds. The van der Waals surface area contributed by atoms with Gasteiger partial charge in [-0.2, -0.15) is 0 Å². The van der Waals surface area contributed by atoms with Crippen LogP contribution in [0.3, 0.4) is 0 Å². The van der Waals surface area contributed by atoms with Gasteiger partial charge in [-0.15, -0.1) is 13.2 Å². The normalized spacial score (nSPS) is 13.5. The lowest BCUT2D eigenvalue weighted by molar-refractivity contribution is -0.274. The molecule has 0 unspecified atom stereocenters. The van der Waals surface area contributed by atoms with Crippen LogP contribution in [0.4, 0.5) is 13.2 Å². The lowest BCUT2D eigenvalue weighted by Gasteiger charge is -2.15. The van der Waals surface area contributed by atoms with Gasteiger partial charge in [-0.3, -0.25) is 0 Å². The van der Waals surface area contributed by atoms with E-state index < -0.39 is 18.2 Å². The van der Waals surface area contributed by atoms with Crippen LogP contribution >= 0.6 is 0 Å². The van der Waals surface area contributed by atoms with Gasteiger partial charge in [0.05, 0.1) is 0 Å². The van der Waals surface area contributed by atoms with Crippen LogP contribution in [0.15, 0.2) is 18.2 Å². The molecule has 1 aromatic carbocycles. The summed E-state index contributed by atoms with van der Waals surface area (Å²) in [5.41, 5.74) is 5.68. The van der Waals surface area contributed by atoms with Crippen LogP contribution in [0.2, 0.25) is 0 Å². The molecule has 7 heteroatoms. The zero-order valence-corrected chi connectivity index (χ0v) is 8.74. The molecule has 1 aromatic rings. The van der Waals surface area contributed by atoms with Gasteiger partial charge < -0.3 is 20.7 Å². The average molecular weight is 251 g/mol. The Kier molecular flexibility index (Phi) is 4.19. The molecule has 0 saturated heterocycles. The Bertz CT molecular complexity index is 382. The van der Waals surface area contributed by atoms with Crippen LogP contribution in [0.5, 0.6) is 11.5 Å². The van der Waals surface area contributed by atoms with Gasteiger partial charge in [0, 0.05) is 18.2 Å². The molecule has 96 valence electrons. The van der Waals surface area contributed by atoms with Gasteiger partial charge >= 0.3 is 6.36 Å². The predicted molar refractivity (Wildman–Crippen MR) is 53.4 cm³/mol. The van der Waals surface area contributed by atoms with Crippen molar-refractivity contribution in [3.8, 4) is 11.5 Å². The van der Waals surface area contributed by atoms with Crippen molar-refractivity contribution >= 4 is 0 Å². The van der Waals surface area contributed by atoms with E-state index >= 15 is 0 Å². The summed E-state index contributed by atoms with van der Waals surface area (Å²) >= 11 is 0. The van der Waals surface area contributed by atoms with Crippen molar-refractivity contribution in [3.05, 3.63) is 23.8 Å². The van der Waals surface area contributed by atoms with Gasteiger partial charge in [-0.1, -0.05) is 0 Å². The van der Waals surface area contributed by atoms with Crippen LogP contribution in [0.25, 0.3) is 0 Å². The first-order valence-electron chi connectivity index (χ1n) is 4.78. The maximum absolute atomic E-state index is 12.0. The maximum Gasteiger partial charge on any atom is 0.573 e. The minimum absolute atomic E-state index is 0.0980. The van der Waals surface area contributed by atoms with E-state index in [2.05, 4.69) is 4.74 Å². The van der Waals surface area contributed by atoms with Crippen molar-refractivity contribution < 1.29 is 28.1 Å². The Balaban J connectivity index is 2.94. The molecule has 0 aliphatic carbocycles. The van der Waals surface area contributed by atoms with Crippen LogP contribution in [0, 0.1) is 0 Å². The van der Waals surface area contributed by atoms with Crippen molar-refractivity contribution in [2.75, 3.05) is 6.61 Å². The molecule has 17 heavy (non-hydrogen) atoms. The highest BCUT2D eigenvalue weighted by molar-refractivity contribution is 5.41. The quantitative estimate of drug-likeness (QED) is 0.760. The Morgan fingerprint density at radius 2 is 2.00 bits per heavy atom. The van der Waals surface area contributed by atoms with E-state index in [1.54, 1.807) is 0 Å².